The molecule has 1 aromatic carbocycles. The van der Waals surface area contributed by atoms with Gasteiger partial charge in [0.2, 0.25) is 0 Å². The monoisotopic (exact) mass is 245 g/mol. The molecular formula is C10H6F3NO3. The molecule has 0 aromatic heterocycles. The average Bonchev–Trinajstić information content (AvgIpc) is 2.26. The highest BCUT2D eigenvalue weighted by molar-refractivity contribution is 5.93. The van der Waals surface area contributed by atoms with E-state index in [4.69, 9.17) is 5.26 Å². The van der Waals surface area contributed by atoms with E-state index < -0.39 is 34.6 Å². The Morgan fingerprint density at radius 3 is 2.47 bits per heavy atom. The molecule has 0 aliphatic rings. The summed E-state index contributed by atoms with van der Waals surface area (Å²) in [6.07, 6.45) is -4.78. The number of nitrogens with zero attached hydrogens (tertiary/aromatic N) is 1. The van der Waals surface area contributed by atoms with Gasteiger partial charge in [-0.25, -0.2) is 4.79 Å². The zero-order valence-corrected chi connectivity index (χ0v) is 8.50. The van der Waals surface area contributed by atoms with Gasteiger partial charge in [-0.05, 0) is 12.1 Å². The summed E-state index contributed by atoms with van der Waals surface area (Å²) in [5.41, 5.74) is -2.79. The van der Waals surface area contributed by atoms with Gasteiger partial charge in [-0.3, -0.25) is 0 Å². The lowest BCUT2D eigenvalue weighted by molar-refractivity contribution is -0.137. The molecule has 0 unspecified atom stereocenters. The molecule has 0 saturated carbocycles. The quantitative estimate of drug-likeness (QED) is 0.769. The number of phenolic OH excluding ortho intramolecular Hbond substituents is 1. The highest BCUT2D eigenvalue weighted by atomic mass is 19.4. The highest BCUT2D eigenvalue weighted by Crippen LogP contribution is 2.36. The van der Waals surface area contributed by atoms with Crippen molar-refractivity contribution in [1.82, 2.24) is 0 Å². The lowest BCUT2D eigenvalue weighted by Crippen LogP contribution is -2.10. The van der Waals surface area contributed by atoms with Crippen molar-refractivity contribution in [3.63, 3.8) is 0 Å². The molecule has 0 bridgehead atoms. The maximum Gasteiger partial charge on any atom is 0.417 e. The van der Waals surface area contributed by atoms with E-state index in [9.17, 15) is 23.1 Å². The van der Waals surface area contributed by atoms with E-state index in [1.165, 1.54) is 6.07 Å². The normalized spacial score (nSPS) is 10.8. The molecule has 0 aliphatic carbocycles. The predicted molar refractivity (Wildman–Crippen MR) is 49.2 cm³/mol. The Bertz CT molecular complexity index is 503. The second-order valence-electron chi connectivity index (χ2n) is 2.99. The van der Waals surface area contributed by atoms with Crippen molar-refractivity contribution in [2.45, 2.75) is 6.18 Å². The fourth-order valence-electron chi connectivity index (χ4n) is 1.22. The van der Waals surface area contributed by atoms with Gasteiger partial charge in [0.1, 0.15) is 22.9 Å². The molecule has 0 heterocycles. The van der Waals surface area contributed by atoms with E-state index in [0.717, 1.165) is 13.2 Å². The van der Waals surface area contributed by atoms with Crippen molar-refractivity contribution in [2.75, 3.05) is 7.11 Å². The number of halogens is 3. The summed E-state index contributed by atoms with van der Waals surface area (Å²) in [4.78, 5) is 11.1. The summed E-state index contributed by atoms with van der Waals surface area (Å²) >= 11 is 0. The molecule has 17 heavy (non-hydrogen) atoms. The van der Waals surface area contributed by atoms with Gasteiger partial charge >= 0.3 is 12.1 Å². The Hall–Kier alpha value is -2.23. The number of esters is 1. The van der Waals surface area contributed by atoms with E-state index in [-0.39, 0.29) is 0 Å². The number of rotatable bonds is 1. The largest absolute Gasteiger partial charge is 0.506 e. The molecule has 0 fully saturated rings. The number of alkyl halides is 3. The Morgan fingerprint density at radius 2 is 2.06 bits per heavy atom. The Balaban J connectivity index is 3.50. The molecule has 0 radical (unpaired) electrons. The molecule has 0 aliphatic heterocycles. The van der Waals surface area contributed by atoms with Gasteiger partial charge in [0, 0.05) is 0 Å². The summed E-state index contributed by atoms with van der Waals surface area (Å²) in [5.74, 6) is -2.05. The Labute approximate surface area is 93.8 Å². The van der Waals surface area contributed by atoms with Crippen molar-refractivity contribution in [1.29, 1.82) is 5.26 Å². The minimum atomic E-state index is -4.78. The number of nitriles is 1. The summed E-state index contributed by atoms with van der Waals surface area (Å²) in [5, 5.41) is 18.0. The van der Waals surface area contributed by atoms with E-state index in [2.05, 4.69) is 4.74 Å². The maximum atomic E-state index is 12.5. The Kier molecular flexibility index (Phi) is 3.27. The lowest BCUT2D eigenvalue weighted by atomic mass is 10.0. The van der Waals surface area contributed by atoms with Gasteiger partial charge < -0.3 is 9.84 Å². The van der Waals surface area contributed by atoms with Crippen molar-refractivity contribution < 1.29 is 27.8 Å². The van der Waals surface area contributed by atoms with Crippen LogP contribution in [0.4, 0.5) is 13.2 Å². The molecule has 0 amide bonds. The summed E-state index contributed by atoms with van der Waals surface area (Å²) in [6, 6.07) is 2.51. The first-order chi connectivity index (χ1) is 7.82. The maximum absolute atomic E-state index is 12.5. The number of aromatic hydroxyl groups is 1. The molecule has 1 N–H and O–H groups in total. The average molecular weight is 245 g/mol. The number of hydrogen-bond acceptors (Lipinski definition) is 4. The second kappa shape index (κ2) is 4.33. The first-order valence-electron chi connectivity index (χ1n) is 4.24. The van der Waals surface area contributed by atoms with Crippen LogP contribution in [-0.2, 0) is 10.9 Å². The second-order valence-corrected chi connectivity index (χ2v) is 2.99. The third-order valence-electron chi connectivity index (χ3n) is 2.00. The van der Waals surface area contributed by atoms with E-state index in [1.807, 2.05) is 0 Å². The minimum absolute atomic E-state index is 0.489. The third kappa shape index (κ3) is 2.30. The number of hydrogen-bond donors (Lipinski definition) is 1. The molecule has 0 saturated heterocycles. The fraction of sp³-hybridized carbons (Fsp3) is 0.200. The van der Waals surface area contributed by atoms with Crippen LogP contribution in [0, 0.1) is 11.3 Å². The number of ether oxygens (including phenoxy) is 1. The lowest BCUT2D eigenvalue weighted by Gasteiger charge is -2.11. The van der Waals surface area contributed by atoms with Crippen molar-refractivity contribution >= 4 is 5.97 Å². The van der Waals surface area contributed by atoms with E-state index in [1.54, 1.807) is 0 Å². The molecule has 0 atom stereocenters. The fourth-order valence-corrected chi connectivity index (χ4v) is 1.22. The molecule has 1 aromatic rings. The molecular weight excluding hydrogens is 239 g/mol. The summed E-state index contributed by atoms with van der Waals surface area (Å²) < 4.78 is 41.6. The van der Waals surface area contributed by atoms with Crippen LogP contribution in [0.1, 0.15) is 21.5 Å². The molecule has 4 nitrogen and oxygen atoms in total. The zero-order chi connectivity index (χ0) is 13.2. The number of benzene rings is 1. The highest BCUT2D eigenvalue weighted by Gasteiger charge is 2.36. The summed E-state index contributed by atoms with van der Waals surface area (Å²) in [6.45, 7) is 0. The van der Waals surface area contributed by atoms with Crippen LogP contribution in [0.25, 0.3) is 0 Å². The standard InChI is InChI=1S/C10H6F3NO3/c1-17-9(16)5-2-3-7(10(11,12)13)6(4-14)8(5)15/h2-3,15H,1H3. The van der Waals surface area contributed by atoms with Gasteiger partial charge in [0.25, 0.3) is 0 Å². The molecule has 0 spiro atoms. The SMILES string of the molecule is COC(=O)c1ccc(C(F)(F)F)c(C#N)c1O. The minimum Gasteiger partial charge on any atom is -0.506 e. The van der Waals surface area contributed by atoms with Gasteiger partial charge in [-0.15, -0.1) is 0 Å². The van der Waals surface area contributed by atoms with Crippen LogP contribution in [0.3, 0.4) is 0 Å². The van der Waals surface area contributed by atoms with Crippen molar-refractivity contribution in [3.8, 4) is 11.8 Å². The molecule has 7 heteroatoms. The predicted octanol–water partition coefficient (Wildman–Crippen LogP) is 2.07. The Morgan fingerprint density at radius 1 is 1.47 bits per heavy atom. The van der Waals surface area contributed by atoms with Crippen LogP contribution >= 0.6 is 0 Å². The van der Waals surface area contributed by atoms with Gasteiger partial charge in [0.05, 0.1) is 12.7 Å². The summed E-state index contributed by atoms with van der Waals surface area (Å²) in [7, 11) is 1.01. The molecule has 90 valence electrons. The van der Waals surface area contributed by atoms with Crippen LogP contribution in [-0.4, -0.2) is 18.2 Å². The first kappa shape index (κ1) is 12.8. The smallest absolute Gasteiger partial charge is 0.417 e. The van der Waals surface area contributed by atoms with Crippen LogP contribution in [0.5, 0.6) is 5.75 Å². The van der Waals surface area contributed by atoms with Gasteiger partial charge in [0.15, 0.2) is 0 Å². The van der Waals surface area contributed by atoms with Crippen molar-refractivity contribution in [2.24, 2.45) is 0 Å². The first-order valence-corrected chi connectivity index (χ1v) is 4.24. The number of carbonyl (C=O) groups excluding carboxylic acids is 1. The van der Waals surface area contributed by atoms with Crippen LogP contribution < -0.4 is 0 Å². The van der Waals surface area contributed by atoms with Crippen LogP contribution in [0.15, 0.2) is 12.1 Å². The van der Waals surface area contributed by atoms with E-state index >= 15 is 0 Å². The zero-order valence-electron chi connectivity index (χ0n) is 8.50. The third-order valence-corrected chi connectivity index (χ3v) is 2.00. The van der Waals surface area contributed by atoms with Gasteiger partial charge in [-0.2, -0.15) is 18.4 Å². The van der Waals surface area contributed by atoms with E-state index in [0.29, 0.717) is 6.07 Å². The number of carbonyl (C=O) groups is 1. The number of methoxy groups -OCH3 is 1. The number of phenols is 1. The van der Waals surface area contributed by atoms with Crippen molar-refractivity contribution in [3.05, 3.63) is 28.8 Å². The van der Waals surface area contributed by atoms with Gasteiger partial charge in [-0.1, -0.05) is 0 Å². The topological polar surface area (TPSA) is 70.3 Å². The molecule has 1 rings (SSSR count). The van der Waals surface area contributed by atoms with Crippen LogP contribution in [0.2, 0.25) is 0 Å².